The van der Waals surface area contributed by atoms with Gasteiger partial charge in [-0.25, -0.2) is 4.79 Å². The van der Waals surface area contributed by atoms with E-state index >= 15 is 0 Å². The minimum Gasteiger partial charge on any atom is -0.423 e. The van der Waals surface area contributed by atoms with Crippen LogP contribution in [0.15, 0.2) is 54.6 Å². The quantitative estimate of drug-likeness (QED) is 0.492. The van der Waals surface area contributed by atoms with E-state index in [2.05, 4.69) is 13.1 Å². The van der Waals surface area contributed by atoms with Crippen molar-refractivity contribution < 1.29 is 14.0 Å². The van der Waals surface area contributed by atoms with Gasteiger partial charge in [-0.1, -0.05) is 30.3 Å². The van der Waals surface area contributed by atoms with Gasteiger partial charge < -0.3 is 9.16 Å². The number of benzene rings is 2. The summed E-state index contributed by atoms with van der Waals surface area (Å²) in [7, 11) is -0.221. The van der Waals surface area contributed by atoms with E-state index in [-0.39, 0.29) is 5.97 Å². The van der Waals surface area contributed by atoms with E-state index in [1.807, 2.05) is 36.4 Å². The van der Waals surface area contributed by atoms with E-state index in [9.17, 15) is 4.79 Å². The van der Waals surface area contributed by atoms with Crippen molar-refractivity contribution in [3.05, 3.63) is 60.2 Å². The molecule has 0 saturated carbocycles. The highest BCUT2D eigenvalue weighted by Gasteiger charge is 2.24. The van der Waals surface area contributed by atoms with E-state index in [1.165, 1.54) is 0 Å². The molecule has 0 N–H and O–H groups in total. The van der Waals surface area contributed by atoms with Crippen LogP contribution in [0.1, 0.15) is 10.4 Å². The maximum atomic E-state index is 12.1. The molecule has 0 aliphatic heterocycles. The maximum Gasteiger partial charge on any atom is 0.343 e. The predicted molar refractivity (Wildman–Crippen MR) is 82.0 cm³/mol. The average molecular weight is 286 g/mol. The lowest BCUT2D eigenvalue weighted by molar-refractivity contribution is 0.0735. The van der Waals surface area contributed by atoms with Crippen LogP contribution >= 0.6 is 0 Å². The molecule has 0 amide bonds. The first-order valence-electron chi connectivity index (χ1n) is 6.46. The summed E-state index contributed by atoms with van der Waals surface area (Å²) in [5.74, 6) is 0.199. The molecule has 2 rings (SSSR count). The fourth-order valence-electron chi connectivity index (χ4n) is 1.79. The van der Waals surface area contributed by atoms with Crippen LogP contribution in [0.3, 0.4) is 0 Å². The lowest BCUT2D eigenvalue weighted by Crippen LogP contribution is -2.44. The summed E-state index contributed by atoms with van der Waals surface area (Å²) in [5, 5.41) is 1.07. The Morgan fingerprint density at radius 2 is 1.70 bits per heavy atom. The van der Waals surface area contributed by atoms with Crippen LogP contribution in [0, 0.1) is 0 Å². The zero-order valence-electron chi connectivity index (χ0n) is 11.9. The van der Waals surface area contributed by atoms with E-state index in [1.54, 1.807) is 25.3 Å². The molecule has 104 valence electrons. The number of ether oxygens (including phenoxy) is 1. The summed E-state index contributed by atoms with van der Waals surface area (Å²) in [4.78, 5) is 12.1. The first kappa shape index (κ1) is 14.5. The number of para-hydroxylation sites is 1. The van der Waals surface area contributed by atoms with Gasteiger partial charge >= 0.3 is 5.97 Å². The molecule has 0 aromatic heterocycles. The second kappa shape index (κ2) is 6.03. The first-order valence-corrected chi connectivity index (χ1v) is 9.37. The number of hydrogen-bond donors (Lipinski definition) is 0. The summed E-state index contributed by atoms with van der Waals surface area (Å²) in [6, 6.07) is 16.5. The number of rotatable bonds is 4. The number of carbonyl (C=O) groups excluding carboxylic acids is 1. The van der Waals surface area contributed by atoms with E-state index in [0.29, 0.717) is 11.3 Å². The Bertz CT molecular complexity index is 594. The van der Waals surface area contributed by atoms with Crippen LogP contribution in [-0.4, -0.2) is 21.4 Å². The number of carbonyl (C=O) groups is 1. The third-order valence-electron chi connectivity index (χ3n) is 3.26. The largest absolute Gasteiger partial charge is 0.423 e. The lowest BCUT2D eigenvalue weighted by atomic mass is 10.2. The number of esters is 1. The molecule has 0 atom stereocenters. The molecule has 0 spiro atoms. The van der Waals surface area contributed by atoms with Crippen LogP contribution in [0.5, 0.6) is 5.75 Å². The first-order chi connectivity index (χ1) is 9.53. The molecule has 2 aromatic carbocycles. The van der Waals surface area contributed by atoms with Crippen molar-refractivity contribution in [3.63, 3.8) is 0 Å². The normalized spacial score (nSPS) is 11.2. The van der Waals surface area contributed by atoms with Crippen molar-refractivity contribution in [1.29, 1.82) is 0 Å². The van der Waals surface area contributed by atoms with E-state index < -0.39 is 8.32 Å². The van der Waals surface area contributed by atoms with Crippen LogP contribution in [0.4, 0.5) is 0 Å². The van der Waals surface area contributed by atoms with Crippen molar-refractivity contribution in [3.8, 4) is 5.75 Å². The van der Waals surface area contributed by atoms with Crippen LogP contribution < -0.4 is 9.92 Å². The third-order valence-corrected chi connectivity index (χ3v) is 5.98. The summed E-state index contributed by atoms with van der Waals surface area (Å²) >= 11 is 0. The predicted octanol–water partition coefficient (Wildman–Crippen LogP) is 2.96. The summed E-state index contributed by atoms with van der Waals surface area (Å²) in [5.41, 5.74) is 0.545. The van der Waals surface area contributed by atoms with E-state index in [4.69, 9.17) is 9.16 Å². The summed E-state index contributed by atoms with van der Waals surface area (Å²) in [6.45, 7) is 4.18. The lowest BCUT2D eigenvalue weighted by Gasteiger charge is -2.20. The van der Waals surface area contributed by atoms with Crippen LogP contribution in [-0.2, 0) is 4.43 Å². The number of hydrogen-bond acceptors (Lipinski definition) is 3. The van der Waals surface area contributed by atoms with Gasteiger partial charge in [0.2, 0.25) is 8.32 Å². The van der Waals surface area contributed by atoms with Crippen molar-refractivity contribution in [2.45, 2.75) is 13.1 Å². The fourth-order valence-corrected chi connectivity index (χ4v) is 3.03. The Morgan fingerprint density at radius 1 is 1.00 bits per heavy atom. The molecule has 0 aliphatic carbocycles. The van der Waals surface area contributed by atoms with Crippen LogP contribution in [0.2, 0.25) is 13.1 Å². The highest BCUT2D eigenvalue weighted by Crippen LogP contribution is 2.12. The molecular formula is C16H18O3Si. The second-order valence-corrected chi connectivity index (χ2v) is 9.00. The van der Waals surface area contributed by atoms with Crippen molar-refractivity contribution in [1.82, 2.24) is 0 Å². The van der Waals surface area contributed by atoms with Gasteiger partial charge in [0.15, 0.2) is 0 Å². The Hall–Kier alpha value is -1.91. The topological polar surface area (TPSA) is 35.5 Å². The second-order valence-electron chi connectivity index (χ2n) is 5.00. The average Bonchev–Trinajstić information content (AvgIpc) is 2.48. The van der Waals surface area contributed by atoms with E-state index in [0.717, 1.165) is 5.19 Å². The molecule has 0 fully saturated rings. The SMILES string of the molecule is CO[Si](C)(C)c1cccc(C(=O)Oc2ccccc2)c1. The Kier molecular flexibility index (Phi) is 4.37. The van der Waals surface area contributed by atoms with Gasteiger partial charge in [-0.15, -0.1) is 0 Å². The molecule has 0 bridgehead atoms. The minimum atomic E-state index is -1.93. The Morgan fingerprint density at radius 3 is 2.35 bits per heavy atom. The minimum absolute atomic E-state index is 0.348. The standard InChI is InChI=1S/C16H18O3Si/c1-18-20(2,3)15-11-7-8-13(12-15)16(17)19-14-9-5-4-6-10-14/h4-12H,1-3H3. The molecule has 20 heavy (non-hydrogen) atoms. The zero-order chi connectivity index (χ0) is 14.6. The molecule has 2 aromatic rings. The van der Waals surface area contributed by atoms with Gasteiger partial charge in [0.25, 0.3) is 0 Å². The van der Waals surface area contributed by atoms with Gasteiger partial charge in [0.1, 0.15) is 5.75 Å². The van der Waals surface area contributed by atoms with Gasteiger partial charge in [0.05, 0.1) is 5.56 Å². The van der Waals surface area contributed by atoms with Gasteiger partial charge in [-0.2, -0.15) is 0 Å². The molecule has 0 unspecified atom stereocenters. The van der Waals surface area contributed by atoms with Gasteiger partial charge in [-0.05, 0) is 42.5 Å². The van der Waals surface area contributed by atoms with Crippen LogP contribution in [0.25, 0.3) is 0 Å². The summed E-state index contributed by atoms with van der Waals surface area (Å²) in [6.07, 6.45) is 0. The zero-order valence-corrected chi connectivity index (χ0v) is 12.9. The molecule has 3 nitrogen and oxygen atoms in total. The fraction of sp³-hybridized carbons (Fsp3) is 0.188. The van der Waals surface area contributed by atoms with Crippen molar-refractivity contribution in [2.24, 2.45) is 0 Å². The molecule has 0 saturated heterocycles. The monoisotopic (exact) mass is 286 g/mol. The molecular weight excluding hydrogens is 268 g/mol. The third kappa shape index (κ3) is 3.34. The van der Waals surface area contributed by atoms with Gasteiger partial charge in [-0.3, -0.25) is 0 Å². The van der Waals surface area contributed by atoms with Gasteiger partial charge in [0, 0.05) is 7.11 Å². The van der Waals surface area contributed by atoms with Crippen molar-refractivity contribution in [2.75, 3.05) is 7.11 Å². The maximum absolute atomic E-state index is 12.1. The highest BCUT2D eigenvalue weighted by molar-refractivity contribution is 6.84. The Labute approximate surface area is 120 Å². The Balaban J connectivity index is 2.21. The molecule has 4 heteroatoms. The molecule has 0 heterocycles. The highest BCUT2D eigenvalue weighted by atomic mass is 28.4. The smallest absolute Gasteiger partial charge is 0.343 e. The molecule has 0 aliphatic rings. The summed E-state index contributed by atoms with van der Waals surface area (Å²) < 4.78 is 10.9. The molecule has 0 radical (unpaired) electrons. The van der Waals surface area contributed by atoms with Crippen molar-refractivity contribution >= 4 is 19.5 Å².